The van der Waals surface area contributed by atoms with Gasteiger partial charge in [-0.25, -0.2) is 0 Å². The van der Waals surface area contributed by atoms with E-state index in [1.54, 1.807) is 0 Å². The quantitative estimate of drug-likeness (QED) is 0.673. The average Bonchev–Trinajstić information content (AvgIpc) is 2.49. The monoisotopic (exact) mass is 170 g/mol. The maximum Gasteiger partial charge on any atom is 0.0280 e. The van der Waals surface area contributed by atoms with E-state index in [1.165, 1.54) is 32.1 Å². The van der Waals surface area contributed by atoms with Crippen molar-refractivity contribution in [3.05, 3.63) is 0 Å². The van der Waals surface area contributed by atoms with Crippen LogP contribution in [-0.4, -0.2) is 18.1 Å². The molecule has 2 heteroatoms. The summed E-state index contributed by atoms with van der Waals surface area (Å²) in [6, 6.07) is 0.617. The zero-order chi connectivity index (χ0) is 9.03. The Kier molecular flexibility index (Phi) is 3.53. The third-order valence-electron chi connectivity index (χ3n) is 3.01. The van der Waals surface area contributed by atoms with Crippen LogP contribution in [-0.2, 0) is 0 Å². The SMILES string of the molecule is CCC(C)NCC1(N)CCCC1. The molecule has 0 saturated heterocycles. The summed E-state index contributed by atoms with van der Waals surface area (Å²) >= 11 is 0. The molecule has 1 rings (SSSR count). The van der Waals surface area contributed by atoms with Crippen molar-refractivity contribution in [2.24, 2.45) is 5.73 Å². The molecule has 0 aromatic carbocycles. The lowest BCUT2D eigenvalue weighted by Crippen LogP contribution is -2.48. The first kappa shape index (κ1) is 10.0. The van der Waals surface area contributed by atoms with Gasteiger partial charge in [-0.3, -0.25) is 0 Å². The van der Waals surface area contributed by atoms with Crippen molar-refractivity contribution in [2.45, 2.75) is 57.5 Å². The van der Waals surface area contributed by atoms with Crippen molar-refractivity contribution in [2.75, 3.05) is 6.54 Å². The lowest BCUT2D eigenvalue weighted by Gasteiger charge is -2.25. The standard InChI is InChI=1S/C10H22N2/c1-3-9(2)12-8-10(11)6-4-5-7-10/h9,12H,3-8,11H2,1-2H3. The number of rotatable bonds is 4. The van der Waals surface area contributed by atoms with Crippen LogP contribution in [0.4, 0.5) is 0 Å². The topological polar surface area (TPSA) is 38.0 Å². The van der Waals surface area contributed by atoms with Gasteiger partial charge in [0, 0.05) is 18.1 Å². The Balaban J connectivity index is 2.21. The minimum Gasteiger partial charge on any atom is -0.324 e. The molecule has 2 nitrogen and oxygen atoms in total. The van der Waals surface area contributed by atoms with Crippen molar-refractivity contribution in [3.8, 4) is 0 Å². The first-order valence-corrected chi connectivity index (χ1v) is 5.18. The summed E-state index contributed by atoms with van der Waals surface area (Å²) in [5, 5.41) is 3.49. The number of nitrogens with one attached hydrogen (secondary N) is 1. The van der Waals surface area contributed by atoms with E-state index in [1.807, 2.05) is 0 Å². The van der Waals surface area contributed by atoms with Gasteiger partial charge in [0.05, 0.1) is 0 Å². The van der Waals surface area contributed by atoms with Crippen LogP contribution in [0, 0.1) is 0 Å². The van der Waals surface area contributed by atoms with Crippen molar-refractivity contribution in [1.82, 2.24) is 5.32 Å². The number of hydrogen-bond acceptors (Lipinski definition) is 2. The third-order valence-corrected chi connectivity index (χ3v) is 3.01. The van der Waals surface area contributed by atoms with E-state index in [0.29, 0.717) is 6.04 Å². The molecule has 1 saturated carbocycles. The van der Waals surface area contributed by atoms with Gasteiger partial charge in [-0.2, -0.15) is 0 Å². The van der Waals surface area contributed by atoms with Crippen molar-refractivity contribution in [3.63, 3.8) is 0 Å². The molecule has 0 radical (unpaired) electrons. The van der Waals surface area contributed by atoms with Crippen LogP contribution in [0.3, 0.4) is 0 Å². The molecular formula is C10H22N2. The summed E-state index contributed by atoms with van der Waals surface area (Å²) in [5.41, 5.74) is 6.31. The second kappa shape index (κ2) is 4.24. The Labute approximate surface area is 75.9 Å². The number of nitrogens with two attached hydrogens (primary N) is 1. The summed E-state index contributed by atoms with van der Waals surface area (Å²) in [6.07, 6.45) is 6.24. The van der Waals surface area contributed by atoms with Gasteiger partial charge >= 0.3 is 0 Å². The molecule has 1 fully saturated rings. The zero-order valence-electron chi connectivity index (χ0n) is 8.40. The number of hydrogen-bond donors (Lipinski definition) is 2. The summed E-state index contributed by atoms with van der Waals surface area (Å²) in [7, 11) is 0. The molecule has 1 aliphatic carbocycles. The molecule has 0 heterocycles. The first-order valence-electron chi connectivity index (χ1n) is 5.18. The van der Waals surface area contributed by atoms with E-state index in [0.717, 1.165) is 6.54 Å². The zero-order valence-corrected chi connectivity index (χ0v) is 8.40. The Morgan fingerprint density at radius 3 is 2.50 bits per heavy atom. The minimum atomic E-state index is 0.115. The van der Waals surface area contributed by atoms with Crippen LogP contribution in [0.25, 0.3) is 0 Å². The van der Waals surface area contributed by atoms with E-state index < -0.39 is 0 Å². The highest BCUT2D eigenvalue weighted by molar-refractivity contribution is 4.91. The Hall–Kier alpha value is -0.0800. The Bertz CT molecular complexity index is 128. The maximum absolute atomic E-state index is 6.20. The van der Waals surface area contributed by atoms with E-state index in [-0.39, 0.29) is 5.54 Å². The molecule has 0 aromatic heterocycles. The summed E-state index contributed by atoms with van der Waals surface area (Å²) < 4.78 is 0. The summed E-state index contributed by atoms with van der Waals surface area (Å²) in [6.45, 7) is 5.43. The van der Waals surface area contributed by atoms with Crippen LogP contribution >= 0.6 is 0 Å². The molecule has 12 heavy (non-hydrogen) atoms. The van der Waals surface area contributed by atoms with Gasteiger partial charge in [0.1, 0.15) is 0 Å². The molecule has 1 unspecified atom stereocenters. The van der Waals surface area contributed by atoms with Gasteiger partial charge in [0.15, 0.2) is 0 Å². The fourth-order valence-electron chi connectivity index (χ4n) is 1.78. The van der Waals surface area contributed by atoms with Crippen LogP contribution in [0.5, 0.6) is 0 Å². The van der Waals surface area contributed by atoms with Gasteiger partial charge in [0.2, 0.25) is 0 Å². The molecule has 72 valence electrons. The van der Waals surface area contributed by atoms with E-state index in [2.05, 4.69) is 19.2 Å². The van der Waals surface area contributed by atoms with E-state index in [9.17, 15) is 0 Å². The van der Waals surface area contributed by atoms with Gasteiger partial charge < -0.3 is 11.1 Å². The van der Waals surface area contributed by atoms with Gasteiger partial charge in [-0.1, -0.05) is 19.8 Å². The predicted molar refractivity (Wildman–Crippen MR) is 53.1 cm³/mol. The third kappa shape index (κ3) is 2.76. The molecule has 1 aliphatic rings. The van der Waals surface area contributed by atoms with Crippen molar-refractivity contribution < 1.29 is 0 Å². The molecule has 0 aliphatic heterocycles. The van der Waals surface area contributed by atoms with Gasteiger partial charge in [-0.05, 0) is 26.2 Å². The first-order chi connectivity index (χ1) is 5.66. The minimum absolute atomic E-state index is 0.115. The van der Waals surface area contributed by atoms with Crippen molar-refractivity contribution >= 4 is 0 Å². The summed E-state index contributed by atoms with van der Waals surface area (Å²) in [5.74, 6) is 0. The average molecular weight is 170 g/mol. The normalized spacial score (nSPS) is 24.2. The molecule has 0 spiro atoms. The molecule has 0 bridgehead atoms. The highest BCUT2D eigenvalue weighted by Crippen LogP contribution is 2.26. The Morgan fingerprint density at radius 2 is 2.00 bits per heavy atom. The van der Waals surface area contributed by atoms with Gasteiger partial charge in [-0.15, -0.1) is 0 Å². The maximum atomic E-state index is 6.20. The fraction of sp³-hybridized carbons (Fsp3) is 1.00. The predicted octanol–water partition coefficient (Wildman–Crippen LogP) is 1.65. The second-order valence-electron chi connectivity index (χ2n) is 4.26. The lowest BCUT2D eigenvalue weighted by molar-refractivity contribution is 0.377. The highest BCUT2D eigenvalue weighted by atomic mass is 15.0. The van der Waals surface area contributed by atoms with Gasteiger partial charge in [0.25, 0.3) is 0 Å². The van der Waals surface area contributed by atoms with E-state index in [4.69, 9.17) is 5.73 Å². The Morgan fingerprint density at radius 1 is 1.42 bits per heavy atom. The van der Waals surface area contributed by atoms with Crippen LogP contribution in [0.2, 0.25) is 0 Å². The second-order valence-corrected chi connectivity index (χ2v) is 4.26. The van der Waals surface area contributed by atoms with Crippen LogP contribution < -0.4 is 11.1 Å². The summed E-state index contributed by atoms with van der Waals surface area (Å²) in [4.78, 5) is 0. The fourth-order valence-corrected chi connectivity index (χ4v) is 1.78. The molecular weight excluding hydrogens is 148 g/mol. The van der Waals surface area contributed by atoms with Crippen LogP contribution in [0.15, 0.2) is 0 Å². The molecule has 0 aromatic rings. The molecule has 1 atom stereocenters. The van der Waals surface area contributed by atoms with Crippen molar-refractivity contribution in [1.29, 1.82) is 0 Å². The van der Waals surface area contributed by atoms with Crippen LogP contribution in [0.1, 0.15) is 46.0 Å². The lowest BCUT2D eigenvalue weighted by atomic mass is 9.99. The highest BCUT2D eigenvalue weighted by Gasteiger charge is 2.28. The molecule has 0 amide bonds. The molecule has 3 N–H and O–H groups in total. The largest absolute Gasteiger partial charge is 0.324 e. The smallest absolute Gasteiger partial charge is 0.0280 e. The van der Waals surface area contributed by atoms with E-state index >= 15 is 0 Å².